The first-order chi connectivity index (χ1) is 5.27. The highest BCUT2D eigenvalue weighted by atomic mass is 35.5. The summed E-state index contributed by atoms with van der Waals surface area (Å²) in [4.78, 5) is -1.16. The molecular weight excluding hydrogens is 191 g/mol. The number of halogens is 4. The molecule has 0 aromatic rings. The average molecular weight is 200 g/mol. The van der Waals surface area contributed by atoms with Crippen LogP contribution in [0.1, 0.15) is 26.2 Å². The molecule has 0 aromatic carbocycles. The summed E-state index contributed by atoms with van der Waals surface area (Å²) in [6.45, 7) is 1.41. The predicted molar refractivity (Wildman–Crippen MR) is 39.8 cm³/mol. The molecule has 0 saturated heterocycles. The molecular formula is C7H9ClF3N. The van der Waals surface area contributed by atoms with Crippen molar-refractivity contribution in [1.82, 2.24) is 0 Å². The van der Waals surface area contributed by atoms with Crippen LogP contribution in [0.4, 0.5) is 13.2 Å². The van der Waals surface area contributed by atoms with Gasteiger partial charge in [-0.1, -0.05) is 0 Å². The summed E-state index contributed by atoms with van der Waals surface area (Å²) in [5.74, 6) is 0. The summed E-state index contributed by atoms with van der Waals surface area (Å²) in [6.07, 6.45) is -5.07. The molecule has 0 aliphatic carbocycles. The molecule has 12 heavy (non-hydrogen) atoms. The number of nitriles is 1. The van der Waals surface area contributed by atoms with Crippen LogP contribution >= 0.6 is 11.6 Å². The van der Waals surface area contributed by atoms with E-state index in [4.69, 9.17) is 16.9 Å². The quantitative estimate of drug-likeness (QED) is 0.640. The van der Waals surface area contributed by atoms with Gasteiger partial charge in [0, 0.05) is 6.42 Å². The number of rotatable bonds is 3. The van der Waals surface area contributed by atoms with Gasteiger partial charge < -0.3 is 0 Å². The second kappa shape index (κ2) is 3.99. The van der Waals surface area contributed by atoms with Gasteiger partial charge >= 0.3 is 6.18 Å². The summed E-state index contributed by atoms with van der Waals surface area (Å²) < 4.78 is 34.8. The first-order valence-electron chi connectivity index (χ1n) is 3.44. The zero-order chi connectivity index (χ0) is 9.83. The molecule has 0 N–H and O–H groups in total. The Bertz CT molecular complexity index is 180. The molecule has 0 heterocycles. The lowest BCUT2D eigenvalue weighted by atomic mass is 10.1. The van der Waals surface area contributed by atoms with Crippen LogP contribution in [0.5, 0.6) is 0 Å². The van der Waals surface area contributed by atoms with E-state index in [1.165, 1.54) is 6.92 Å². The van der Waals surface area contributed by atoms with Crippen LogP contribution in [0.3, 0.4) is 0 Å². The van der Waals surface area contributed by atoms with Crippen molar-refractivity contribution in [1.29, 1.82) is 5.26 Å². The van der Waals surface area contributed by atoms with E-state index < -0.39 is 17.5 Å². The highest BCUT2D eigenvalue weighted by Gasteiger charge is 2.28. The molecule has 0 aliphatic rings. The van der Waals surface area contributed by atoms with Crippen molar-refractivity contribution >= 4 is 11.6 Å². The van der Waals surface area contributed by atoms with Crippen LogP contribution in [0.15, 0.2) is 0 Å². The van der Waals surface area contributed by atoms with E-state index in [-0.39, 0.29) is 12.8 Å². The summed E-state index contributed by atoms with van der Waals surface area (Å²) in [5, 5.41) is 8.36. The van der Waals surface area contributed by atoms with Gasteiger partial charge in [0.1, 0.15) is 4.87 Å². The Morgan fingerprint density at radius 3 is 2.17 bits per heavy atom. The first-order valence-corrected chi connectivity index (χ1v) is 3.81. The Labute approximate surface area is 74.1 Å². The minimum atomic E-state index is -4.15. The van der Waals surface area contributed by atoms with Crippen LogP contribution in [0, 0.1) is 11.3 Å². The largest absolute Gasteiger partial charge is 0.389 e. The van der Waals surface area contributed by atoms with Crippen molar-refractivity contribution < 1.29 is 13.2 Å². The van der Waals surface area contributed by atoms with E-state index in [9.17, 15) is 13.2 Å². The summed E-state index contributed by atoms with van der Waals surface area (Å²) in [5.41, 5.74) is 0. The third-order valence-electron chi connectivity index (χ3n) is 1.34. The fourth-order valence-electron chi connectivity index (χ4n) is 0.677. The Balaban J connectivity index is 3.66. The van der Waals surface area contributed by atoms with Crippen molar-refractivity contribution in [3.63, 3.8) is 0 Å². The number of nitrogens with zero attached hydrogens (tertiary/aromatic N) is 1. The molecule has 70 valence electrons. The van der Waals surface area contributed by atoms with Crippen molar-refractivity contribution in [3.8, 4) is 6.07 Å². The second-order valence-electron chi connectivity index (χ2n) is 2.78. The lowest BCUT2D eigenvalue weighted by Gasteiger charge is -2.12. The SMILES string of the molecule is CC(Cl)(C#N)CCCC(F)(F)F. The number of hydrogen-bond donors (Lipinski definition) is 0. The molecule has 0 spiro atoms. The number of alkyl halides is 4. The summed E-state index contributed by atoms with van der Waals surface area (Å²) >= 11 is 5.52. The minimum absolute atomic E-state index is 0.0601. The highest BCUT2D eigenvalue weighted by molar-refractivity contribution is 6.25. The molecule has 1 unspecified atom stereocenters. The third-order valence-corrected chi connectivity index (χ3v) is 1.61. The molecule has 0 saturated carbocycles. The molecule has 0 bridgehead atoms. The van der Waals surface area contributed by atoms with E-state index in [1.54, 1.807) is 6.07 Å². The maximum Gasteiger partial charge on any atom is 0.389 e. The van der Waals surface area contributed by atoms with Gasteiger partial charge in [-0.15, -0.1) is 11.6 Å². The van der Waals surface area contributed by atoms with Crippen molar-refractivity contribution in [2.75, 3.05) is 0 Å². The Kier molecular flexibility index (Phi) is 3.85. The molecule has 0 fully saturated rings. The molecule has 0 amide bonds. The maximum atomic E-state index is 11.6. The van der Waals surface area contributed by atoms with Crippen LogP contribution < -0.4 is 0 Å². The highest BCUT2D eigenvalue weighted by Crippen LogP contribution is 2.27. The van der Waals surface area contributed by atoms with Gasteiger partial charge in [-0.05, 0) is 19.8 Å². The monoisotopic (exact) mass is 199 g/mol. The van der Waals surface area contributed by atoms with E-state index in [1.807, 2.05) is 0 Å². The lowest BCUT2D eigenvalue weighted by molar-refractivity contribution is -0.135. The van der Waals surface area contributed by atoms with Gasteiger partial charge in [0.2, 0.25) is 0 Å². The van der Waals surface area contributed by atoms with E-state index in [0.29, 0.717) is 0 Å². The van der Waals surface area contributed by atoms with Crippen LogP contribution in [0.25, 0.3) is 0 Å². The number of hydrogen-bond acceptors (Lipinski definition) is 1. The molecule has 5 heteroatoms. The Hall–Kier alpha value is -0.430. The molecule has 0 aromatic heterocycles. The molecule has 0 rings (SSSR count). The zero-order valence-electron chi connectivity index (χ0n) is 6.58. The van der Waals surface area contributed by atoms with Gasteiger partial charge in [-0.3, -0.25) is 0 Å². The minimum Gasteiger partial charge on any atom is -0.196 e. The third kappa shape index (κ3) is 6.29. The van der Waals surface area contributed by atoms with Crippen LogP contribution in [-0.4, -0.2) is 11.1 Å². The smallest absolute Gasteiger partial charge is 0.196 e. The average Bonchev–Trinajstić information content (AvgIpc) is 1.84. The van der Waals surface area contributed by atoms with E-state index in [0.717, 1.165) is 0 Å². The van der Waals surface area contributed by atoms with E-state index >= 15 is 0 Å². The normalized spacial score (nSPS) is 16.7. The van der Waals surface area contributed by atoms with Crippen molar-refractivity contribution in [2.24, 2.45) is 0 Å². The Morgan fingerprint density at radius 2 is 1.83 bits per heavy atom. The summed E-state index contributed by atoms with van der Waals surface area (Å²) in [7, 11) is 0. The fraction of sp³-hybridized carbons (Fsp3) is 0.857. The van der Waals surface area contributed by atoms with Gasteiger partial charge in [0.15, 0.2) is 0 Å². The molecule has 0 radical (unpaired) electrons. The predicted octanol–water partition coefficient (Wildman–Crippen LogP) is 3.24. The first kappa shape index (κ1) is 11.6. The second-order valence-corrected chi connectivity index (χ2v) is 3.61. The molecule has 1 atom stereocenters. The van der Waals surface area contributed by atoms with Gasteiger partial charge in [0.25, 0.3) is 0 Å². The Morgan fingerprint density at radius 1 is 1.33 bits per heavy atom. The lowest BCUT2D eigenvalue weighted by Crippen LogP contribution is -2.15. The maximum absolute atomic E-state index is 11.6. The fourth-order valence-corrected chi connectivity index (χ4v) is 0.810. The standard InChI is InChI=1S/C7H9ClF3N/c1-6(8,5-12)3-2-4-7(9,10)11/h2-4H2,1H3. The van der Waals surface area contributed by atoms with Crippen molar-refractivity contribution in [3.05, 3.63) is 0 Å². The topological polar surface area (TPSA) is 23.8 Å². The van der Waals surface area contributed by atoms with Gasteiger partial charge in [-0.2, -0.15) is 18.4 Å². The van der Waals surface area contributed by atoms with Gasteiger partial charge in [-0.25, -0.2) is 0 Å². The molecule has 0 aliphatic heterocycles. The van der Waals surface area contributed by atoms with Gasteiger partial charge in [0.05, 0.1) is 6.07 Å². The molecule has 1 nitrogen and oxygen atoms in total. The zero-order valence-corrected chi connectivity index (χ0v) is 7.34. The van der Waals surface area contributed by atoms with E-state index in [2.05, 4.69) is 0 Å². The van der Waals surface area contributed by atoms with Crippen LogP contribution in [-0.2, 0) is 0 Å². The van der Waals surface area contributed by atoms with Crippen molar-refractivity contribution in [2.45, 2.75) is 37.2 Å². The van der Waals surface area contributed by atoms with Crippen LogP contribution in [0.2, 0.25) is 0 Å². The summed E-state index contributed by atoms with van der Waals surface area (Å²) in [6, 6.07) is 1.73.